The van der Waals surface area contributed by atoms with Crippen LogP contribution >= 0.6 is 23.5 Å². The van der Waals surface area contributed by atoms with Crippen molar-refractivity contribution in [2.75, 3.05) is 42.3 Å². The molecule has 1 aliphatic heterocycles. The summed E-state index contributed by atoms with van der Waals surface area (Å²) in [5.41, 5.74) is 6.96. The summed E-state index contributed by atoms with van der Waals surface area (Å²) in [6, 6.07) is 28.0. The van der Waals surface area contributed by atoms with Gasteiger partial charge in [0.15, 0.2) is 28.2 Å². The highest BCUT2D eigenvalue weighted by Gasteiger charge is 2.37. The maximum Gasteiger partial charge on any atom is 0.407 e. The van der Waals surface area contributed by atoms with Gasteiger partial charge in [0.25, 0.3) is 20.0 Å². The Morgan fingerprint density at radius 2 is 1.23 bits per heavy atom. The van der Waals surface area contributed by atoms with Gasteiger partial charge in [-0.3, -0.25) is 9.59 Å². The SMILES string of the molecule is CC(C)c1cccc(C(C)C)c1/N=c1\ccc2c(-c3ccccc3S(=O)(=O)NS(=O)(=O)c3c(F)c(F)c(SCCOC(=O)NCCOC(=O)CCSCCC(=O)C(C)(C)C)c(F)c3F)c3ccc(Nc4c(C(C)C)cccc4C(C)C)cc3oc-2c1. The molecule has 0 bridgehead atoms. The molecule has 2 aliphatic rings. The first-order chi connectivity index (χ1) is 40.5. The normalized spacial score (nSPS) is 12.5. The van der Waals surface area contributed by atoms with Gasteiger partial charge in [0, 0.05) is 74.7 Å². The molecule has 14 nitrogen and oxygen atoms in total. The average Bonchev–Trinajstić information content (AvgIpc) is 0.774. The second-order valence-corrected chi connectivity index (χ2v) is 28.6. The van der Waals surface area contributed by atoms with Gasteiger partial charge >= 0.3 is 12.1 Å². The predicted molar refractivity (Wildman–Crippen MR) is 332 cm³/mol. The fourth-order valence-electron chi connectivity index (χ4n) is 9.54. The summed E-state index contributed by atoms with van der Waals surface area (Å²) in [5, 5.41) is 6.82. The van der Waals surface area contributed by atoms with Crippen molar-refractivity contribution in [3.63, 3.8) is 0 Å². The van der Waals surface area contributed by atoms with Crippen molar-refractivity contribution in [2.45, 2.75) is 127 Å². The maximum absolute atomic E-state index is 15.9. The van der Waals surface area contributed by atoms with Crippen molar-refractivity contribution < 1.29 is 62.7 Å². The molecule has 1 aliphatic carbocycles. The zero-order valence-corrected chi connectivity index (χ0v) is 53.1. The number of halogens is 4. The largest absolute Gasteiger partial charge is 0.464 e. The van der Waals surface area contributed by atoms with E-state index < -0.39 is 87.8 Å². The van der Waals surface area contributed by atoms with Crippen molar-refractivity contribution in [3.8, 4) is 22.5 Å². The van der Waals surface area contributed by atoms with Crippen LogP contribution in [0.3, 0.4) is 0 Å². The third-order valence-corrected chi connectivity index (χ3v) is 19.6. The summed E-state index contributed by atoms with van der Waals surface area (Å²) < 4.78 is 138. The molecule has 22 heteroatoms. The van der Waals surface area contributed by atoms with Gasteiger partial charge in [0.05, 0.1) is 33.8 Å². The molecule has 460 valence electrons. The van der Waals surface area contributed by atoms with Crippen molar-refractivity contribution in [2.24, 2.45) is 10.4 Å². The molecule has 0 spiro atoms. The Bertz CT molecular complexity index is 3860. The zero-order valence-electron chi connectivity index (χ0n) is 49.9. The number of para-hydroxylation sites is 2. The van der Waals surface area contributed by atoms with Crippen LogP contribution in [0.2, 0.25) is 0 Å². The Labute approximate surface area is 509 Å². The van der Waals surface area contributed by atoms with E-state index in [0.29, 0.717) is 39.9 Å². The number of nitrogens with one attached hydrogen (secondary N) is 3. The number of hydrogen-bond acceptors (Lipinski definition) is 14. The van der Waals surface area contributed by atoms with Crippen LogP contribution in [0, 0.1) is 28.7 Å². The van der Waals surface area contributed by atoms with E-state index in [-0.39, 0.29) is 83.3 Å². The number of rotatable bonds is 25. The molecule has 0 saturated heterocycles. The first kappa shape index (κ1) is 66.8. The van der Waals surface area contributed by atoms with E-state index in [1.165, 1.54) is 34.1 Å². The Morgan fingerprint density at radius 1 is 0.640 bits per heavy atom. The van der Waals surface area contributed by atoms with Gasteiger partial charge in [-0.05, 0) is 76.3 Å². The first-order valence-corrected chi connectivity index (χ1v) is 33.2. The molecule has 86 heavy (non-hydrogen) atoms. The minimum atomic E-state index is -5.99. The fraction of sp³-hybridized carbons (Fsp3) is 0.375. The monoisotopic (exact) mass is 1260 g/mol. The number of alkyl carbamates (subject to hydrolysis) is 1. The summed E-state index contributed by atoms with van der Waals surface area (Å²) >= 11 is 1.58. The lowest BCUT2D eigenvalue weighted by Crippen LogP contribution is -2.33. The van der Waals surface area contributed by atoms with Crippen LogP contribution in [0.15, 0.2) is 121 Å². The highest BCUT2D eigenvalue weighted by Crippen LogP contribution is 2.45. The van der Waals surface area contributed by atoms with E-state index in [2.05, 4.69) is 78.2 Å². The molecule has 0 fully saturated rings. The zero-order chi connectivity index (χ0) is 63.0. The minimum Gasteiger partial charge on any atom is -0.464 e. The highest BCUT2D eigenvalue weighted by molar-refractivity contribution is 8.04. The molecule has 0 saturated carbocycles. The molecule has 0 aromatic heterocycles. The molecular weight excluding hydrogens is 1190 g/mol. The second kappa shape index (κ2) is 28.4. The van der Waals surface area contributed by atoms with Crippen molar-refractivity contribution in [1.29, 1.82) is 0 Å². The Kier molecular flexibility index (Phi) is 22.1. The molecule has 5 aromatic carbocycles. The van der Waals surface area contributed by atoms with E-state index in [1.54, 1.807) is 36.4 Å². The summed E-state index contributed by atoms with van der Waals surface area (Å²) in [7, 11) is -11.4. The van der Waals surface area contributed by atoms with Crippen molar-refractivity contribution in [3.05, 3.63) is 148 Å². The predicted octanol–water partition coefficient (Wildman–Crippen LogP) is 15.4. The number of anilines is 2. The van der Waals surface area contributed by atoms with Crippen LogP contribution in [0.5, 0.6) is 0 Å². The Morgan fingerprint density at radius 3 is 1.84 bits per heavy atom. The smallest absolute Gasteiger partial charge is 0.407 e. The lowest BCUT2D eigenvalue weighted by molar-refractivity contribution is -0.142. The maximum atomic E-state index is 15.9. The molecule has 1 heterocycles. The van der Waals surface area contributed by atoms with Gasteiger partial charge in [-0.2, -0.15) is 11.8 Å². The van der Waals surface area contributed by atoms with E-state index in [9.17, 15) is 31.2 Å². The second-order valence-electron chi connectivity index (χ2n) is 22.7. The third-order valence-electron chi connectivity index (χ3n) is 14.0. The number of ether oxygens (including phenoxy) is 2. The Hall–Kier alpha value is -6.72. The van der Waals surface area contributed by atoms with E-state index in [4.69, 9.17) is 18.9 Å². The number of amides is 1. The number of sulfonamides is 2. The van der Waals surface area contributed by atoms with E-state index in [0.717, 1.165) is 39.7 Å². The van der Waals surface area contributed by atoms with Crippen LogP contribution in [0.25, 0.3) is 33.4 Å². The number of thioether (sulfide) groups is 2. The molecule has 7 rings (SSSR count). The van der Waals surface area contributed by atoms with Crippen LogP contribution in [-0.4, -0.2) is 71.7 Å². The number of fused-ring (bicyclic) bond motifs is 2. The average molecular weight is 1260 g/mol. The quantitative estimate of drug-likeness (QED) is 0.0122. The molecular formula is C64H72F4N4O10S4. The fourth-order valence-corrected chi connectivity index (χ4v) is 14.4. The van der Waals surface area contributed by atoms with Crippen LogP contribution in [0.4, 0.5) is 39.4 Å². The van der Waals surface area contributed by atoms with Gasteiger partial charge in [0.2, 0.25) is 0 Å². The number of Topliss-reactive ketones (excluding diaryl/α,β-unsaturated/α-hetero) is 1. The van der Waals surface area contributed by atoms with Crippen molar-refractivity contribution in [1.82, 2.24) is 9.44 Å². The number of carbonyl (C=O) groups excluding carboxylic acids is 3. The molecule has 5 aromatic rings. The standard InChI is InChI=1S/C64H72F4N4O10S4/c1-36(2)42-17-14-18-43(37(3)4)59(42)70-40-22-24-46-49(34-40)82-50-35-41(71-60-44(38(5)6)19-15-20-45(60)39(7)8)23-25-47(50)54(46)48-16-12-13-21-51(48)85(76,77)72-86(78,79)62-57(67)55(65)61(56(66)58(62)68)84-33-30-81-63(75)69-28-29-80-53(74)27-32-83-31-26-52(73)64(9,10)11/h12-25,34-39,70,72H,26-33H2,1-11H3,(H,69,75)/b71-41+. The number of esters is 1. The summed E-state index contributed by atoms with van der Waals surface area (Å²) in [5.74, 6) is -8.22. The summed E-state index contributed by atoms with van der Waals surface area (Å²) in [4.78, 5) is 37.3. The van der Waals surface area contributed by atoms with Gasteiger partial charge < -0.3 is 24.5 Å². The van der Waals surface area contributed by atoms with Crippen LogP contribution in [0.1, 0.15) is 135 Å². The molecule has 0 unspecified atom stereocenters. The number of hydrogen-bond donors (Lipinski definition) is 3. The van der Waals surface area contributed by atoms with E-state index >= 15 is 17.6 Å². The Balaban J connectivity index is 1.15. The molecule has 1 amide bonds. The molecule has 0 radical (unpaired) electrons. The van der Waals surface area contributed by atoms with Gasteiger partial charge in [0.1, 0.15) is 30.3 Å². The lowest BCUT2D eigenvalue weighted by atomic mass is 9.89. The first-order valence-electron chi connectivity index (χ1n) is 28.1. The van der Waals surface area contributed by atoms with Gasteiger partial charge in [-0.25, -0.2) is 44.2 Å². The lowest BCUT2D eigenvalue weighted by Gasteiger charge is -2.22. The molecule has 0 atom stereocenters. The topological polar surface area (TPSA) is 200 Å². The van der Waals surface area contributed by atoms with Crippen LogP contribution < -0.4 is 20.1 Å². The number of ketones is 1. The third kappa shape index (κ3) is 15.9. The number of carbonyl (C=O) groups is 3. The molecule has 3 N–H and O–H groups in total. The van der Waals surface area contributed by atoms with Crippen LogP contribution in [-0.2, 0) is 39.1 Å². The number of benzene rings is 6. The number of nitrogens with zero attached hydrogens (tertiary/aromatic N) is 1. The van der Waals surface area contributed by atoms with E-state index in [1.807, 2.05) is 45.0 Å². The summed E-state index contributed by atoms with van der Waals surface area (Å²) in [6.45, 7) is 21.3. The minimum absolute atomic E-state index is 0.0704. The van der Waals surface area contributed by atoms with Crippen molar-refractivity contribution >= 4 is 89.4 Å². The summed E-state index contributed by atoms with van der Waals surface area (Å²) in [6.07, 6.45) is -0.570. The van der Waals surface area contributed by atoms with Gasteiger partial charge in [-0.1, -0.05) is 131 Å². The highest BCUT2D eigenvalue weighted by atomic mass is 32.3. The van der Waals surface area contributed by atoms with Gasteiger partial charge in [-0.15, -0.1) is 15.9 Å².